The number of hydrogen-bond donors (Lipinski definition) is 3. The lowest BCUT2D eigenvalue weighted by Crippen LogP contribution is -2.17. The summed E-state index contributed by atoms with van der Waals surface area (Å²) >= 11 is 0. The molecule has 0 atom stereocenters. The van der Waals surface area contributed by atoms with Gasteiger partial charge in [0.05, 0.1) is 43.1 Å². The smallest absolute Gasteiger partial charge is 0.341 e. The first-order valence-corrected chi connectivity index (χ1v) is 18.7. The Kier molecular flexibility index (Phi) is 18.0. The Balaban J connectivity index is 0.000000286. The van der Waals surface area contributed by atoms with Gasteiger partial charge < -0.3 is 30.0 Å². The number of phenolic OH excluding ortho intramolecular Hbond substituents is 1. The zero-order chi connectivity index (χ0) is 38.6. The molecule has 3 N–H and O–H groups in total. The number of benzene rings is 2. The van der Waals surface area contributed by atoms with Crippen LogP contribution in [0.15, 0.2) is 48.5 Å². The third-order valence-corrected chi connectivity index (χ3v) is 8.31. The number of rotatable bonds is 19. The number of aryl methyl sites for hydroxylation is 6. The summed E-state index contributed by atoms with van der Waals surface area (Å²) in [5.41, 5.74) is 6.24. The van der Waals surface area contributed by atoms with E-state index in [0.717, 1.165) is 54.9 Å². The molecule has 0 saturated carbocycles. The maximum absolute atomic E-state index is 12.3. The number of ether oxygens (including phenoxy) is 3. The van der Waals surface area contributed by atoms with Gasteiger partial charge in [0, 0.05) is 13.1 Å². The molecule has 2 heterocycles. The van der Waals surface area contributed by atoms with E-state index in [1.165, 1.54) is 5.56 Å². The van der Waals surface area contributed by atoms with E-state index in [2.05, 4.69) is 42.7 Å². The summed E-state index contributed by atoms with van der Waals surface area (Å²) in [6, 6.07) is 15.4. The molecule has 0 amide bonds. The molecule has 0 aliphatic heterocycles. The van der Waals surface area contributed by atoms with Gasteiger partial charge in [0.1, 0.15) is 22.6 Å². The predicted molar refractivity (Wildman–Crippen MR) is 208 cm³/mol. The molecule has 4 aromatic rings. The molecule has 12 heteroatoms. The summed E-state index contributed by atoms with van der Waals surface area (Å²) in [7, 11) is 1.68. The van der Waals surface area contributed by atoms with Crippen molar-refractivity contribution >= 4 is 23.8 Å². The van der Waals surface area contributed by atoms with Crippen LogP contribution >= 0.6 is 0 Å². The van der Waals surface area contributed by atoms with Gasteiger partial charge in [0.25, 0.3) is 0 Å². The van der Waals surface area contributed by atoms with Gasteiger partial charge in [-0.25, -0.2) is 29.5 Å². The Morgan fingerprint density at radius 3 is 1.42 bits per heavy atom. The van der Waals surface area contributed by atoms with E-state index in [-0.39, 0.29) is 17.7 Å². The number of aromatic nitrogens is 4. The predicted octanol–water partition coefficient (Wildman–Crippen LogP) is 7.36. The number of anilines is 2. The van der Waals surface area contributed by atoms with Crippen molar-refractivity contribution in [1.29, 1.82) is 0 Å². The molecule has 0 saturated heterocycles. The molecule has 2 aromatic carbocycles. The van der Waals surface area contributed by atoms with Gasteiger partial charge >= 0.3 is 11.9 Å². The zero-order valence-corrected chi connectivity index (χ0v) is 32.4. The molecule has 0 aliphatic carbocycles. The second-order valence-corrected chi connectivity index (χ2v) is 12.1. The number of carbonyl (C=O) groups excluding carboxylic acids is 2. The molecule has 2 aromatic heterocycles. The summed E-state index contributed by atoms with van der Waals surface area (Å²) in [4.78, 5) is 42.5. The van der Waals surface area contributed by atoms with Crippen molar-refractivity contribution in [3.8, 4) is 11.5 Å². The third-order valence-electron chi connectivity index (χ3n) is 8.31. The first-order chi connectivity index (χ1) is 25.7. The van der Waals surface area contributed by atoms with Gasteiger partial charge in [0.15, 0.2) is 0 Å². The second kappa shape index (κ2) is 22.6. The van der Waals surface area contributed by atoms with Crippen LogP contribution in [-0.2, 0) is 48.0 Å². The average molecular weight is 729 g/mol. The van der Waals surface area contributed by atoms with E-state index in [4.69, 9.17) is 14.2 Å². The first-order valence-electron chi connectivity index (χ1n) is 18.7. The van der Waals surface area contributed by atoms with Crippen molar-refractivity contribution in [2.24, 2.45) is 0 Å². The van der Waals surface area contributed by atoms with Crippen LogP contribution in [0.1, 0.15) is 109 Å². The Morgan fingerprint density at radius 2 is 1.04 bits per heavy atom. The molecular weight excluding hydrogens is 672 g/mol. The van der Waals surface area contributed by atoms with Gasteiger partial charge in [-0.2, -0.15) is 0 Å². The van der Waals surface area contributed by atoms with Gasteiger partial charge in [-0.15, -0.1) is 0 Å². The summed E-state index contributed by atoms with van der Waals surface area (Å²) in [6.07, 6.45) is 6.21. The van der Waals surface area contributed by atoms with Gasteiger partial charge in [-0.1, -0.05) is 52.0 Å². The lowest BCUT2D eigenvalue weighted by Gasteiger charge is -2.13. The summed E-state index contributed by atoms with van der Waals surface area (Å²) < 4.78 is 15.6. The van der Waals surface area contributed by atoms with Crippen LogP contribution in [0.5, 0.6) is 11.5 Å². The minimum atomic E-state index is -0.350. The molecular formula is C41H56N6O6. The summed E-state index contributed by atoms with van der Waals surface area (Å²) in [6.45, 7) is 13.6. The van der Waals surface area contributed by atoms with E-state index >= 15 is 0 Å². The molecule has 4 rings (SSSR count). The Labute approximate surface area is 314 Å². The minimum Gasteiger partial charge on any atom is -0.508 e. The Morgan fingerprint density at radius 1 is 0.623 bits per heavy atom. The highest BCUT2D eigenvalue weighted by molar-refractivity contribution is 5.92. The first kappa shape index (κ1) is 42.2. The van der Waals surface area contributed by atoms with Gasteiger partial charge in [0.2, 0.25) is 11.9 Å². The maximum Gasteiger partial charge on any atom is 0.341 e. The third kappa shape index (κ3) is 13.0. The summed E-state index contributed by atoms with van der Waals surface area (Å²) in [5.74, 6) is 1.59. The van der Waals surface area contributed by atoms with Crippen molar-refractivity contribution in [2.45, 2.75) is 92.9 Å². The fourth-order valence-corrected chi connectivity index (χ4v) is 5.70. The monoisotopic (exact) mass is 728 g/mol. The van der Waals surface area contributed by atoms with Crippen molar-refractivity contribution in [1.82, 2.24) is 19.9 Å². The van der Waals surface area contributed by atoms with Crippen molar-refractivity contribution in [2.75, 3.05) is 44.0 Å². The van der Waals surface area contributed by atoms with Crippen molar-refractivity contribution in [3.63, 3.8) is 0 Å². The number of phenols is 1. The Bertz CT molecular complexity index is 1710. The Hall–Kier alpha value is -5.26. The standard InChI is InChI=1S/C21H29N3O3.C20H27N3O3/c1-5-17-19(20(25)27-7-3)18(6-2)24-21(23-17)22-13-9-11-15-10-8-12-16(14-15)26-4;1-4-16-18(19(25)26-6-3)17(5-2)23-20(22-16)21-12-8-10-14-9-7-11-15(24)13-14/h8,10,12,14H,5-7,9,11,13H2,1-4H3,(H,22,23,24);7,9,11,13,24H,4-6,8,10,12H2,1-3H3,(H,21,22,23). The van der Waals surface area contributed by atoms with E-state index in [0.29, 0.717) is 79.9 Å². The molecule has 12 nitrogen and oxygen atoms in total. The number of aromatic hydroxyl groups is 1. The van der Waals surface area contributed by atoms with E-state index in [9.17, 15) is 14.7 Å². The largest absolute Gasteiger partial charge is 0.508 e. The topological polar surface area (TPSA) is 158 Å². The number of methoxy groups -OCH3 is 1. The number of esters is 2. The van der Waals surface area contributed by atoms with Crippen LogP contribution in [0.2, 0.25) is 0 Å². The lowest BCUT2D eigenvalue weighted by molar-refractivity contribution is 0.0512. The lowest BCUT2D eigenvalue weighted by atomic mass is 10.1. The molecule has 286 valence electrons. The highest BCUT2D eigenvalue weighted by Gasteiger charge is 2.21. The average Bonchev–Trinajstić information content (AvgIpc) is 3.17. The number of nitrogens with one attached hydrogen (secondary N) is 2. The van der Waals surface area contributed by atoms with E-state index in [1.807, 2.05) is 52.0 Å². The zero-order valence-electron chi connectivity index (χ0n) is 32.4. The van der Waals surface area contributed by atoms with E-state index < -0.39 is 0 Å². The highest BCUT2D eigenvalue weighted by atomic mass is 16.5. The van der Waals surface area contributed by atoms with Crippen LogP contribution < -0.4 is 15.4 Å². The molecule has 0 radical (unpaired) electrons. The molecule has 0 bridgehead atoms. The number of nitrogens with zero attached hydrogens (tertiary/aromatic N) is 4. The normalized spacial score (nSPS) is 10.5. The maximum atomic E-state index is 12.3. The number of hydrogen-bond acceptors (Lipinski definition) is 12. The van der Waals surface area contributed by atoms with Crippen LogP contribution in [0.4, 0.5) is 11.9 Å². The van der Waals surface area contributed by atoms with Crippen LogP contribution in [0.3, 0.4) is 0 Å². The SMILES string of the molecule is CCOC(=O)c1c(CC)nc(NCCCc2cccc(O)c2)nc1CC.CCOC(=O)c1c(CC)nc(NCCCc2cccc(OC)c2)nc1CC. The molecule has 53 heavy (non-hydrogen) atoms. The molecule has 0 fully saturated rings. The van der Waals surface area contributed by atoms with Crippen LogP contribution in [0, 0.1) is 0 Å². The van der Waals surface area contributed by atoms with E-state index in [1.54, 1.807) is 33.1 Å². The number of carbonyl (C=O) groups is 2. The molecule has 0 spiro atoms. The van der Waals surface area contributed by atoms with Crippen molar-refractivity contribution < 1.29 is 28.9 Å². The van der Waals surface area contributed by atoms with Gasteiger partial charge in [-0.3, -0.25) is 0 Å². The van der Waals surface area contributed by atoms with Gasteiger partial charge in [-0.05, 0) is 101 Å². The second-order valence-electron chi connectivity index (χ2n) is 12.1. The molecule has 0 aliphatic rings. The quantitative estimate of drug-likeness (QED) is 0.0652. The van der Waals surface area contributed by atoms with Crippen LogP contribution in [0.25, 0.3) is 0 Å². The van der Waals surface area contributed by atoms with Crippen LogP contribution in [-0.4, -0.2) is 70.4 Å². The summed E-state index contributed by atoms with van der Waals surface area (Å²) in [5, 5.41) is 16.0. The highest BCUT2D eigenvalue weighted by Crippen LogP contribution is 2.20. The fourth-order valence-electron chi connectivity index (χ4n) is 5.70. The fraction of sp³-hybridized carbons (Fsp3) is 0.463. The van der Waals surface area contributed by atoms with Crippen molar-refractivity contribution in [3.05, 3.63) is 93.6 Å². The minimum absolute atomic E-state index is 0.286. The molecule has 0 unspecified atom stereocenters.